The number of carbonyl (C=O) groups excluding carboxylic acids is 2. The molecule has 1 aliphatic heterocycles. The van der Waals surface area contributed by atoms with Crippen molar-refractivity contribution < 1.29 is 14.3 Å². The van der Waals surface area contributed by atoms with Gasteiger partial charge in [-0.2, -0.15) is 0 Å². The summed E-state index contributed by atoms with van der Waals surface area (Å²) >= 11 is 11.9. The molecule has 2 aromatic carbocycles. The molecule has 1 heterocycles. The Bertz CT molecular complexity index is 944. The molecule has 27 heavy (non-hydrogen) atoms. The number of hydrogen-bond acceptors (Lipinski definition) is 3. The Morgan fingerprint density at radius 1 is 1.04 bits per heavy atom. The van der Waals surface area contributed by atoms with Gasteiger partial charge in [0.15, 0.2) is 0 Å². The minimum absolute atomic E-state index is 0.221. The van der Waals surface area contributed by atoms with Crippen molar-refractivity contribution in [3.63, 3.8) is 0 Å². The highest BCUT2D eigenvalue weighted by molar-refractivity contribution is 6.31. The lowest BCUT2D eigenvalue weighted by Gasteiger charge is -2.17. The van der Waals surface area contributed by atoms with Gasteiger partial charge in [0.1, 0.15) is 0 Å². The van der Waals surface area contributed by atoms with E-state index in [9.17, 15) is 9.59 Å². The fourth-order valence-electron chi connectivity index (χ4n) is 2.91. The monoisotopic (exact) mass is 401 g/mol. The van der Waals surface area contributed by atoms with Gasteiger partial charge in [0.2, 0.25) is 0 Å². The summed E-state index contributed by atoms with van der Waals surface area (Å²) in [5.41, 5.74) is 2.44. The summed E-state index contributed by atoms with van der Waals surface area (Å²) in [6.45, 7) is 3.67. The number of hydrogen-bond donors (Lipinski definition) is 0. The molecule has 0 aromatic heterocycles. The van der Waals surface area contributed by atoms with Crippen LogP contribution in [0.1, 0.15) is 19.4 Å². The van der Waals surface area contributed by atoms with Gasteiger partial charge in [-0.25, -0.2) is 4.79 Å². The van der Waals surface area contributed by atoms with Crippen molar-refractivity contribution in [2.75, 3.05) is 11.5 Å². The smallest absolute Gasteiger partial charge is 0.340 e. The Morgan fingerprint density at radius 3 is 2.15 bits per heavy atom. The van der Waals surface area contributed by atoms with E-state index in [0.29, 0.717) is 21.4 Å². The zero-order valence-electron chi connectivity index (χ0n) is 14.8. The average molecular weight is 402 g/mol. The van der Waals surface area contributed by atoms with E-state index in [2.05, 4.69) is 0 Å². The van der Waals surface area contributed by atoms with Gasteiger partial charge in [-0.05, 0) is 61.9 Å². The van der Waals surface area contributed by atoms with Gasteiger partial charge in [-0.1, -0.05) is 35.3 Å². The predicted molar refractivity (Wildman–Crippen MR) is 108 cm³/mol. The van der Waals surface area contributed by atoms with E-state index in [0.717, 1.165) is 5.56 Å². The third kappa shape index (κ3) is 3.92. The van der Waals surface area contributed by atoms with Gasteiger partial charge in [-0.15, -0.1) is 0 Å². The summed E-state index contributed by atoms with van der Waals surface area (Å²) in [4.78, 5) is 27.2. The highest BCUT2D eigenvalue weighted by atomic mass is 35.5. The number of allylic oxidation sites excluding steroid dienone is 1. The molecule has 0 N–H and O–H groups in total. The maximum Gasteiger partial charge on any atom is 0.340 e. The Hall–Kier alpha value is -2.56. The normalized spacial score (nSPS) is 15.6. The molecule has 2 aromatic rings. The van der Waals surface area contributed by atoms with Crippen molar-refractivity contribution in [3.05, 3.63) is 81.0 Å². The number of benzene rings is 2. The second-order valence-electron chi connectivity index (χ2n) is 5.91. The fourth-order valence-corrected chi connectivity index (χ4v) is 3.16. The van der Waals surface area contributed by atoms with Crippen LogP contribution in [0.4, 0.5) is 5.69 Å². The van der Waals surface area contributed by atoms with Gasteiger partial charge in [0, 0.05) is 21.4 Å². The Kier molecular flexibility index (Phi) is 5.68. The summed E-state index contributed by atoms with van der Waals surface area (Å²) in [6, 6.07) is 13.9. The molecule has 0 bridgehead atoms. The van der Waals surface area contributed by atoms with Crippen LogP contribution in [0.15, 0.2) is 65.4 Å². The number of anilines is 1. The van der Waals surface area contributed by atoms with Crippen LogP contribution in [0.25, 0.3) is 6.08 Å². The van der Waals surface area contributed by atoms with Crippen molar-refractivity contribution in [1.29, 1.82) is 0 Å². The SMILES string of the molecule is CCOC(=O)C1=C(C)N(c2ccc(Cl)cc2)C(=O)/C1=C\c1ccc(Cl)cc1. The van der Waals surface area contributed by atoms with Crippen LogP contribution >= 0.6 is 23.2 Å². The number of amides is 1. The minimum atomic E-state index is -0.528. The number of halogens is 2. The minimum Gasteiger partial charge on any atom is -0.462 e. The van der Waals surface area contributed by atoms with E-state index in [1.54, 1.807) is 68.5 Å². The lowest BCUT2D eigenvalue weighted by atomic mass is 10.0. The van der Waals surface area contributed by atoms with Crippen LogP contribution in [0.3, 0.4) is 0 Å². The van der Waals surface area contributed by atoms with Crippen molar-refractivity contribution in [2.45, 2.75) is 13.8 Å². The summed E-state index contributed by atoms with van der Waals surface area (Å²) in [6.07, 6.45) is 1.67. The molecule has 0 radical (unpaired) electrons. The maximum absolute atomic E-state index is 13.1. The molecule has 0 saturated carbocycles. The first-order valence-electron chi connectivity index (χ1n) is 8.38. The summed E-state index contributed by atoms with van der Waals surface area (Å²) in [7, 11) is 0. The van der Waals surface area contributed by atoms with E-state index >= 15 is 0 Å². The van der Waals surface area contributed by atoms with Gasteiger partial charge in [0.25, 0.3) is 5.91 Å². The van der Waals surface area contributed by atoms with Crippen LogP contribution in [0.2, 0.25) is 10.0 Å². The van der Waals surface area contributed by atoms with Crippen molar-refractivity contribution >= 4 is 46.8 Å². The van der Waals surface area contributed by atoms with E-state index in [4.69, 9.17) is 27.9 Å². The molecule has 0 aliphatic carbocycles. The zero-order chi connectivity index (χ0) is 19.6. The standard InChI is InChI=1S/C21H17Cl2NO3/c1-3-27-21(26)19-13(2)24(17-10-8-16(23)9-11-17)20(25)18(19)12-14-4-6-15(22)7-5-14/h4-12H,3H2,1-2H3/b18-12-. The summed E-state index contributed by atoms with van der Waals surface area (Å²) < 4.78 is 5.18. The molecule has 1 amide bonds. The first-order valence-corrected chi connectivity index (χ1v) is 9.13. The van der Waals surface area contributed by atoms with Crippen LogP contribution in [-0.2, 0) is 14.3 Å². The third-order valence-electron chi connectivity index (χ3n) is 4.15. The molecule has 0 atom stereocenters. The largest absolute Gasteiger partial charge is 0.462 e. The lowest BCUT2D eigenvalue weighted by molar-refractivity contribution is -0.138. The first kappa shape index (κ1) is 19.2. The van der Waals surface area contributed by atoms with Crippen LogP contribution in [0, 0.1) is 0 Å². The molecule has 1 aliphatic rings. The van der Waals surface area contributed by atoms with Crippen LogP contribution in [0.5, 0.6) is 0 Å². The lowest BCUT2D eigenvalue weighted by Crippen LogP contribution is -2.24. The number of rotatable bonds is 4. The van der Waals surface area contributed by atoms with Crippen LogP contribution in [-0.4, -0.2) is 18.5 Å². The highest BCUT2D eigenvalue weighted by Gasteiger charge is 2.38. The number of ether oxygens (including phenoxy) is 1. The molecular formula is C21H17Cl2NO3. The quantitative estimate of drug-likeness (QED) is 0.518. The molecular weight excluding hydrogens is 385 g/mol. The average Bonchev–Trinajstić information content (AvgIpc) is 2.88. The molecule has 0 spiro atoms. The topological polar surface area (TPSA) is 46.6 Å². The third-order valence-corrected chi connectivity index (χ3v) is 4.65. The molecule has 138 valence electrons. The molecule has 3 rings (SSSR count). The first-order chi connectivity index (χ1) is 12.9. The van der Waals surface area contributed by atoms with E-state index in [-0.39, 0.29) is 23.7 Å². The Balaban J connectivity index is 2.11. The Morgan fingerprint density at radius 2 is 1.59 bits per heavy atom. The van der Waals surface area contributed by atoms with E-state index in [1.165, 1.54) is 4.90 Å². The molecule has 0 unspecified atom stereocenters. The van der Waals surface area contributed by atoms with Crippen molar-refractivity contribution in [1.82, 2.24) is 0 Å². The Labute approximate surface area is 167 Å². The van der Waals surface area contributed by atoms with Gasteiger partial charge >= 0.3 is 5.97 Å². The van der Waals surface area contributed by atoms with Gasteiger partial charge in [0.05, 0.1) is 17.8 Å². The van der Waals surface area contributed by atoms with E-state index in [1.807, 2.05) is 0 Å². The molecule has 0 fully saturated rings. The van der Waals surface area contributed by atoms with Crippen LogP contribution < -0.4 is 4.90 Å². The second kappa shape index (κ2) is 7.99. The molecule has 6 heteroatoms. The second-order valence-corrected chi connectivity index (χ2v) is 6.78. The van der Waals surface area contributed by atoms with E-state index < -0.39 is 5.97 Å². The van der Waals surface area contributed by atoms with Gasteiger partial charge in [-0.3, -0.25) is 9.69 Å². The van der Waals surface area contributed by atoms with Gasteiger partial charge < -0.3 is 4.74 Å². The number of nitrogens with zero attached hydrogens (tertiary/aromatic N) is 1. The molecule has 0 saturated heterocycles. The highest BCUT2D eigenvalue weighted by Crippen LogP contribution is 2.36. The maximum atomic E-state index is 13.1. The summed E-state index contributed by atoms with van der Waals surface area (Å²) in [5, 5.41) is 1.16. The summed E-state index contributed by atoms with van der Waals surface area (Å²) in [5.74, 6) is -0.826. The zero-order valence-corrected chi connectivity index (χ0v) is 16.3. The fraction of sp³-hybridized carbons (Fsp3) is 0.143. The van der Waals surface area contributed by atoms with Crippen molar-refractivity contribution in [2.24, 2.45) is 0 Å². The number of esters is 1. The van der Waals surface area contributed by atoms with Crippen molar-refractivity contribution in [3.8, 4) is 0 Å². The molecule has 4 nitrogen and oxygen atoms in total. The predicted octanol–water partition coefficient (Wildman–Crippen LogP) is 5.26. The number of carbonyl (C=O) groups is 2.